The van der Waals surface area contributed by atoms with Gasteiger partial charge in [-0.15, -0.1) is 0 Å². The summed E-state index contributed by atoms with van der Waals surface area (Å²) in [6, 6.07) is 5.20. The first-order chi connectivity index (χ1) is 20.0. The van der Waals surface area contributed by atoms with Gasteiger partial charge in [0.1, 0.15) is 36.7 Å². The zero-order valence-electron chi connectivity index (χ0n) is 24.9. The molecule has 2 aromatic rings. The van der Waals surface area contributed by atoms with Crippen molar-refractivity contribution in [1.29, 1.82) is 5.26 Å². The van der Waals surface area contributed by atoms with Crippen LogP contribution in [-0.4, -0.2) is 62.5 Å². The van der Waals surface area contributed by atoms with Crippen molar-refractivity contribution < 1.29 is 33.7 Å². The molecule has 42 heavy (non-hydrogen) atoms. The number of carbonyl (C=O) groups excluding carboxylic acids is 3. The molecule has 0 unspecified atom stereocenters. The molecule has 2 fully saturated rings. The summed E-state index contributed by atoms with van der Waals surface area (Å²) in [6.07, 6.45) is 2.72. The van der Waals surface area contributed by atoms with Crippen molar-refractivity contribution in [1.82, 2.24) is 14.6 Å². The molecule has 2 N–H and O–H groups in total. The maximum Gasteiger partial charge on any atom is 0.309 e. The zero-order chi connectivity index (χ0) is 30.6. The van der Waals surface area contributed by atoms with Gasteiger partial charge in [0, 0.05) is 12.3 Å². The number of hydrogen-bond acceptors (Lipinski definition) is 10. The van der Waals surface area contributed by atoms with Crippen LogP contribution in [0.2, 0.25) is 0 Å². The maximum absolute atomic E-state index is 13.0. The maximum atomic E-state index is 13.0. The van der Waals surface area contributed by atoms with Crippen molar-refractivity contribution in [3.05, 3.63) is 24.2 Å². The molecule has 1 aliphatic carbocycles. The standard InChI is InChI=1S/C30H41N5O7/c1-17(2)19(5)29(39)41-25-22(14-40-24(36)13-20-9-7-6-8-10-20)42-30(15-31,26(25)37)23-12-11-21-27(32-16-33-35(21)23)34-28(38)18(3)4/h11-12,16-20,22,25-26,37H,6-10,13-14H2,1-5H3,(H,32,33,34,38)/t19-,22+,25+,26+,30-/m0/s1. The van der Waals surface area contributed by atoms with E-state index < -0.39 is 41.8 Å². The smallest absolute Gasteiger partial charge is 0.309 e. The molecule has 1 amide bonds. The lowest BCUT2D eigenvalue weighted by Crippen LogP contribution is -2.44. The SMILES string of the molecule is CC(C)C(=O)Nc1ncnn2c([C@]3(C#N)O[C@H](COC(=O)CC4CCCCC4)[C@@H](OC(=O)[C@@H](C)C(C)C)[C@H]3O)ccc12. The second kappa shape index (κ2) is 13.2. The van der Waals surface area contributed by atoms with Gasteiger partial charge in [0.2, 0.25) is 11.5 Å². The van der Waals surface area contributed by atoms with E-state index >= 15 is 0 Å². The Balaban J connectivity index is 1.63. The van der Waals surface area contributed by atoms with Crippen molar-refractivity contribution in [2.75, 3.05) is 11.9 Å². The Morgan fingerprint density at radius 2 is 1.90 bits per heavy atom. The minimum absolute atomic E-state index is 0.0322. The van der Waals surface area contributed by atoms with Gasteiger partial charge in [0.15, 0.2) is 11.9 Å². The van der Waals surface area contributed by atoms with Crippen LogP contribution in [0.1, 0.15) is 78.8 Å². The third-order valence-electron chi connectivity index (χ3n) is 8.41. The summed E-state index contributed by atoms with van der Waals surface area (Å²) in [5, 5.41) is 29.0. The van der Waals surface area contributed by atoms with Crippen molar-refractivity contribution in [3.8, 4) is 6.07 Å². The molecule has 1 aliphatic heterocycles. The summed E-state index contributed by atoms with van der Waals surface area (Å²) in [6.45, 7) is 8.65. The van der Waals surface area contributed by atoms with Gasteiger partial charge in [0.25, 0.3) is 0 Å². The number of anilines is 1. The number of rotatable bonds is 10. The molecule has 228 valence electrons. The van der Waals surface area contributed by atoms with Gasteiger partial charge in [0.05, 0.1) is 11.6 Å². The van der Waals surface area contributed by atoms with Crippen LogP contribution in [0.15, 0.2) is 18.5 Å². The molecule has 0 aromatic carbocycles. The first kappa shape index (κ1) is 31.4. The van der Waals surface area contributed by atoms with Gasteiger partial charge >= 0.3 is 11.9 Å². The largest absolute Gasteiger partial charge is 0.463 e. The zero-order valence-corrected chi connectivity index (χ0v) is 24.9. The van der Waals surface area contributed by atoms with E-state index in [4.69, 9.17) is 14.2 Å². The topological polar surface area (TPSA) is 165 Å². The number of nitrogens with one attached hydrogen (secondary N) is 1. The van der Waals surface area contributed by atoms with Crippen molar-refractivity contribution in [2.45, 2.75) is 97.1 Å². The van der Waals surface area contributed by atoms with E-state index in [1.54, 1.807) is 26.8 Å². The van der Waals surface area contributed by atoms with E-state index in [2.05, 4.69) is 21.5 Å². The van der Waals surface area contributed by atoms with E-state index in [1.807, 2.05) is 13.8 Å². The van der Waals surface area contributed by atoms with E-state index in [1.165, 1.54) is 23.3 Å². The van der Waals surface area contributed by atoms with Gasteiger partial charge in [-0.1, -0.05) is 53.9 Å². The molecule has 1 saturated heterocycles. The predicted octanol–water partition coefficient (Wildman–Crippen LogP) is 3.52. The lowest BCUT2D eigenvalue weighted by molar-refractivity contribution is -0.165. The molecular weight excluding hydrogens is 542 g/mol. The minimum Gasteiger partial charge on any atom is -0.463 e. The normalized spacial score (nSPS) is 25.4. The van der Waals surface area contributed by atoms with Gasteiger partial charge in [-0.2, -0.15) is 10.4 Å². The quantitative estimate of drug-likeness (QED) is 0.395. The highest BCUT2D eigenvalue weighted by molar-refractivity contribution is 5.94. The number of fused-ring (bicyclic) bond motifs is 1. The number of nitriles is 1. The van der Waals surface area contributed by atoms with Crippen LogP contribution in [0.25, 0.3) is 5.52 Å². The summed E-state index contributed by atoms with van der Waals surface area (Å²) >= 11 is 0. The van der Waals surface area contributed by atoms with Crippen molar-refractivity contribution >= 4 is 29.2 Å². The number of aromatic nitrogens is 3. The minimum atomic E-state index is -2.04. The molecule has 0 bridgehead atoms. The van der Waals surface area contributed by atoms with Crippen LogP contribution >= 0.6 is 0 Å². The average molecular weight is 584 g/mol. The van der Waals surface area contributed by atoms with Crippen LogP contribution in [0.5, 0.6) is 0 Å². The second-order valence-electron chi connectivity index (χ2n) is 12.0. The fraction of sp³-hybridized carbons (Fsp3) is 0.667. The number of nitrogens with zero attached hydrogens (tertiary/aromatic N) is 4. The van der Waals surface area contributed by atoms with E-state index in [9.17, 15) is 24.8 Å². The number of carbonyl (C=O) groups is 3. The lowest BCUT2D eigenvalue weighted by atomic mass is 9.87. The summed E-state index contributed by atoms with van der Waals surface area (Å²) in [7, 11) is 0. The number of aliphatic hydroxyl groups is 1. The molecule has 4 rings (SSSR count). The number of amides is 1. The monoisotopic (exact) mass is 583 g/mol. The summed E-state index contributed by atoms with van der Waals surface area (Å²) < 4.78 is 18.9. The molecule has 0 radical (unpaired) electrons. The van der Waals surface area contributed by atoms with E-state index in [0.29, 0.717) is 5.52 Å². The molecule has 2 aromatic heterocycles. The molecule has 2 aliphatic rings. The summed E-state index contributed by atoms with van der Waals surface area (Å²) in [5.41, 5.74) is -1.52. The van der Waals surface area contributed by atoms with Gasteiger partial charge in [-0.05, 0) is 36.8 Å². The average Bonchev–Trinajstić information content (AvgIpc) is 3.52. The Bertz CT molecular complexity index is 1330. The highest BCUT2D eigenvalue weighted by atomic mass is 16.6. The Kier molecular flexibility index (Phi) is 9.84. The van der Waals surface area contributed by atoms with Gasteiger partial charge < -0.3 is 24.6 Å². The first-order valence-electron chi connectivity index (χ1n) is 14.8. The summed E-state index contributed by atoms with van der Waals surface area (Å²) in [4.78, 5) is 42.2. The Morgan fingerprint density at radius 3 is 2.55 bits per heavy atom. The highest BCUT2D eigenvalue weighted by Crippen LogP contribution is 2.42. The molecular formula is C30H41N5O7. The third kappa shape index (κ3) is 6.42. The lowest BCUT2D eigenvalue weighted by Gasteiger charge is -2.25. The number of esters is 2. The second-order valence-corrected chi connectivity index (χ2v) is 12.0. The molecule has 5 atom stereocenters. The van der Waals surface area contributed by atoms with E-state index in [-0.39, 0.29) is 48.2 Å². The Morgan fingerprint density at radius 1 is 1.19 bits per heavy atom. The Hall–Kier alpha value is -3.56. The third-order valence-corrected chi connectivity index (χ3v) is 8.41. The predicted molar refractivity (Wildman–Crippen MR) is 151 cm³/mol. The molecule has 12 heteroatoms. The molecule has 1 saturated carbocycles. The van der Waals surface area contributed by atoms with Crippen molar-refractivity contribution in [2.24, 2.45) is 23.7 Å². The van der Waals surface area contributed by atoms with Crippen molar-refractivity contribution in [3.63, 3.8) is 0 Å². The van der Waals surface area contributed by atoms with Crippen LogP contribution < -0.4 is 5.32 Å². The summed E-state index contributed by atoms with van der Waals surface area (Å²) in [5.74, 6) is -1.56. The van der Waals surface area contributed by atoms with Crippen LogP contribution in [0.3, 0.4) is 0 Å². The molecule has 0 spiro atoms. The van der Waals surface area contributed by atoms with Gasteiger partial charge in [-0.25, -0.2) is 9.50 Å². The van der Waals surface area contributed by atoms with Crippen LogP contribution in [-0.2, 0) is 34.2 Å². The van der Waals surface area contributed by atoms with Crippen LogP contribution in [0.4, 0.5) is 5.82 Å². The van der Waals surface area contributed by atoms with Crippen LogP contribution in [0, 0.1) is 35.0 Å². The number of aliphatic hydroxyl groups excluding tert-OH is 1. The fourth-order valence-corrected chi connectivity index (χ4v) is 5.39. The number of hydrogen-bond donors (Lipinski definition) is 2. The fourth-order valence-electron chi connectivity index (χ4n) is 5.39. The molecule has 12 nitrogen and oxygen atoms in total. The molecule has 3 heterocycles. The van der Waals surface area contributed by atoms with Gasteiger partial charge in [-0.3, -0.25) is 14.4 Å². The first-order valence-corrected chi connectivity index (χ1v) is 14.8. The highest BCUT2D eigenvalue weighted by Gasteiger charge is 2.60. The Labute approximate surface area is 245 Å². The van der Waals surface area contributed by atoms with E-state index in [0.717, 1.165) is 25.7 Å². The number of ether oxygens (including phenoxy) is 3.